The molecule has 1 aliphatic carbocycles. The van der Waals surface area contributed by atoms with Gasteiger partial charge in [-0.15, -0.1) is 0 Å². The number of rotatable bonds is 1. The van der Waals surface area contributed by atoms with Gasteiger partial charge < -0.3 is 15.2 Å². The van der Waals surface area contributed by atoms with E-state index < -0.39 is 5.54 Å². The SMILES string of the molecule is NC1(c2ccc3c(c2F)OCCCO3)CCC1. The average molecular weight is 237 g/mol. The van der Waals surface area contributed by atoms with Gasteiger partial charge in [0.2, 0.25) is 0 Å². The Bertz CT molecular complexity index is 443. The quantitative estimate of drug-likeness (QED) is 0.815. The van der Waals surface area contributed by atoms with Gasteiger partial charge in [0.05, 0.1) is 13.2 Å². The molecule has 1 fully saturated rings. The average Bonchev–Trinajstić information content (AvgIpc) is 2.52. The Kier molecular flexibility index (Phi) is 2.47. The summed E-state index contributed by atoms with van der Waals surface area (Å²) >= 11 is 0. The van der Waals surface area contributed by atoms with Crippen molar-refractivity contribution in [2.45, 2.75) is 31.2 Å². The van der Waals surface area contributed by atoms with Crippen molar-refractivity contribution in [3.8, 4) is 11.5 Å². The predicted molar refractivity (Wildman–Crippen MR) is 61.7 cm³/mol. The Hall–Kier alpha value is -1.29. The van der Waals surface area contributed by atoms with E-state index in [1.165, 1.54) is 0 Å². The fourth-order valence-electron chi connectivity index (χ4n) is 2.41. The van der Waals surface area contributed by atoms with Crippen molar-refractivity contribution in [2.24, 2.45) is 5.73 Å². The normalized spacial score (nSPS) is 21.5. The van der Waals surface area contributed by atoms with Crippen LogP contribution in [-0.4, -0.2) is 13.2 Å². The standard InChI is InChI=1S/C13H16FNO2/c14-11-9(13(15)5-1-6-13)3-4-10-12(11)17-8-2-7-16-10/h3-4H,1-2,5-8,15H2. The monoisotopic (exact) mass is 237 g/mol. The highest BCUT2D eigenvalue weighted by atomic mass is 19.1. The van der Waals surface area contributed by atoms with Crippen molar-refractivity contribution in [3.05, 3.63) is 23.5 Å². The van der Waals surface area contributed by atoms with E-state index in [4.69, 9.17) is 15.2 Å². The Morgan fingerprint density at radius 1 is 1.12 bits per heavy atom. The Morgan fingerprint density at radius 3 is 2.59 bits per heavy atom. The first-order valence-electron chi connectivity index (χ1n) is 6.08. The molecule has 0 spiro atoms. The minimum atomic E-state index is -0.505. The number of halogens is 1. The molecular formula is C13H16FNO2. The third kappa shape index (κ3) is 1.67. The third-order valence-corrected chi connectivity index (χ3v) is 3.64. The number of hydrogen-bond donors (Lipinski definition) is 1. The van der Waals surface area contributed by atoms with Crippen molar-refractivity contribution >= 4 is 0 Å². The summed E-state index contributed by atoms with van der Waals surface area (Å²) in [4.78, 5) is 0. The Labute approximate surface area is 99.7 Å². The molecule has 1 aliphatic heterocycles. The van der Waals surface area contributed by atoms with Crippen LogP contribution in [0.25, 0.3) is 0 Å². The molecule has 17 heavy (non-hydrogen) atoms. The molecule has 0 amide bonds. The topological polar surface area (TPSA) is 44.5 Å². The van der Waals surface area contributed by atoms with Crippen molar-refractivity contribution < 1.29 is 13.9 Å². The molecule has 0 atom stereocenters. The summed E-state index contributed by atoms with van der Waals surface area (Å²) in [5.74, 6) is 0.384. The van der Waals surface area contributed by atoms with Crippen LogP contribution in [0, 0.1) is 5.82 Å². The van der Waals surface area contributed by atoms with Crippen LogP contribution in [0.4, 0.5) is 4.39 Å². The number of fused-ring (bicyclic) bond motifs is 1. The molecule has 0 unspecified atom stereocenters. The van der Waals surface area contributed by atoms with Crippen LogP contribution >= 0.6 is 0 Å². The molecule has 0 radical (unpaired) electrons. The van der Waals surface area contributed by atoms with E-state index in [0.717, 1.165) is 25.7 Å². The maximum Gasteiger partial charge on any atom is 0.197 e. The maximum atomic E-state index is 14.4. The second kappa shape index (κ2) is 3.88. The van der Waals surface area contributed by atoms with Gasteiger partial charge in [-0.25, -0.2) is 4.39 Å². The fourth-order valence-corrected chi connectivity index (χ4v) is 2.41. The summed E-state index contributed by atoms with van der Waals surface area (Å²) < 4.78 is 25.2. The van der Waals surface area contributed by atoms with Gasteiger partial charge in [-0.05, 0) is 25.3 Å². The van der Waals surface area contributed by atoms with Crippen molar-refractivity contribution in [2.75, 3.05) is 13.2 Å². The maximum absolute atomic E-state index is 14.4. The van der Waals surface area contributed by atoms with Gasteiger partial charge in [0, 0.05) is 17.5 Å². The number of benzene rings is 1. The Balaban J connectivity index is 2.04. The largest absolute Gasteiger partial charge is 0.489 e. The van der Waals surface area contributed by atoms with Gasteiger partial charge in [0.15, 0.2) is 17.3 Å². The molecule has 0 saturated heterocycles. The van der Waals surface area contributed by atoms with Gasteiger partial charge in [-0.2, -0.15) is 0 Å². The molecule has 2 aliphatic rings. The van der Waals surface area contributed by atoms with Crippen molar-refractivity contribution in [3.63, 3.8) is 0 Å². The summed E-state index contributed by atoms with van der Waals surface area (Å²) in [6.45, 7) is 1.06. The number of nitrogens with two attached hydrogens (primary N) is 1. The minimum Gasteiger partial charge on any atom is -0.489 e. The van der Waals surface area contributed by atoms with Gasteiger partial charge in [-0.3, -0.25) is 0 Å². The first kappa shape index (κ1) is 10.8. The summed E-state index contributed by atoms with van der Waals surface area (Å²) in [5.41, 5.74) is 6.22. The number of hydrogen-bond acceptors (Lipinski definition) is 3. The highest BCUT2D eigenvalue weighted by Gasteiger charge is 2.38. The van der Waals surface area contributed by atoms with E-state index in [9.17, 15) is 4.39 Å². The minimum absolute atomic E-state index is 0.233. The molecular weight excluding hydrogens is 221 g/mol. The molecule has 1 heterocycles. The second-order valence-corrected chi connectivity index (χ2v) is 4.81. The lowest BCUT2D eigenvalue weighted by Gasteiger charge is -2.39. The molecule has 4 heteroatoms. The number of ether oxygens (including phenoxy) is 2. The first-order chi connectivity index (χ1) is 8.21. The lowest BCUT2D eigenvalue weighted by molar-refractivity contribution is 0.239. The van der Waals surface area contributed by atoms with Crippen LogP contribution in [0.15, 0.2) is 12.1 Å². The summed E-state index contributed by atoms with van der Waals surface area (Å²) in [6, 6.07) is 3.51. The van der Waals surface area contributed by atoms with E-state index in [2.05, 4.69) is 0 Å². The highest BCUT2D eigenvalue weighted by molar-refractivity contribution is 5.47. The summed E-state index contributed by atoms with van der Waals surface area (Å²) in [7, 11) is 0. The summed E-state index contributed by atoms with van der Waals surface area (Å²) in [5, 5.41) is 0. The molecule has 1 aromatic rings. The van der Waals surface area contributed by atoms with Gasteiger partial charge >= 0.3 is 0 Å². The van der Waals surface area contributed by atoms with E-state index >= 15 is 0 Å². The summed E-state index contributed by atoms with van der Waals surface area (Å²) in [6.07, 6.45) is 3.51. The zero-order valence-electron chi connectivity index (χ0n) is 9.67. The molecule has 92 valence electrons. The van der Waals surface area contributed by atoms with E-state index in [1.807, 2.05) is 0 Å². The van der Waals surface area contributed by atoms with E-state index in [1.54, 1.807) is 12.1 Å². The molecule has 2 N–H and O–H groups in total. The van der Waals surface area contributed by atoms with E-state index in [-0.39, 0.29) is 11.6 Å². The zero-order valence-corrected chi connectivity index (χ0v) is 9.67. The lowest BCUT2D eigenvalue weighted by Crippen LogP contribution is -2.44. The van der Waals surface area contributed by atoms with Crippen LogP contribution in [0.2, 0.25) is 0 Å². The predicted octanol–water partition coefficient (Wildman–Crippen LogP) is 2.32. The molecule has 3 rings (SSSR count). The molecule has 1 saturated carbocycles. The fraction of sp³-hybridized carbons (Fsp3) is 0.538. The Morgan fingerprint density at radius 2 is 1.88 bits per heavy atom. The smallest absolute Gasteiger partial charge is 0.197 e. The zero-order chi connectivity index (χ0) is 11.9. The second-order valence-electron chi connectivity index (χ2n) is 4.81. The van der Waals surface area contributed by atoms with Crippen LogP contribution in [-0.2, 0) is 5.54 Å². The van der Waals surface area contributed by atoms with Crippen molar-refractivity contribution in [1.29, 1.82) is 0 Å². The van der Waals surface area contributed by atoms with Gasteiger partial charge in [0.1, 0.15) is 0 Å². The molecule has 0 bridgehead atoms. The van der Waals surface area contributed by atoms with Gasteiger partial charge in [-0.1, -0.05) is 6.07 Å². The first-order valence-corrected chi connectivity index (χ1v) is 6.08. The molecule has 0 aromatic heterocycles. The van der Waals surface area contributed by atoms with Crippen LogP contribution in [0.1, 0.15) is 31.2 Å². The molecule has 1 aromatic carbocycles. The van der Waals surface area contributed by atoms with Crippen LogP contribution < -0.4 is 15.2 Å². The van der Waals surface area contributed by atoms with Crippen molar-refractivity contribution in [1.82, 2.24) is 0 Å². The molecule has 3 nitrogen and oxygen atoms in total. The van der Waals surface area contributed by atoms with E-state index in [0.29, 0.717) is 24.5 Å². The van der Waals surface area contributed by atoms with Gasteiger partial charge in [0.25, 0.3) is 0 Å². The van der Waals surface area contributed by atoms with Crippen LogP contribution in [0.5, 0.6) is 11.5 Å². The third-order valence-electron chi connectivity index (χ3n) is 3.64. The highest BCUT2D eigenvalue weighted by Crippen LogP contribution is 2.44. The van der Waals surface area contributed by atoms with Crippen LogP contribution in [0.3, 0.4) is 0 Å². The lowest BCUT2D eigenvalue weighted by atomic mass is 9.72.